The van der Waals surface area contributed by atoms with Crippen LogP contribution in [0.5, 0.6) is 0 Å². The summed E-state index contributed by atoms with van der Waals surface area (Å²) in [5.41, 5.74) is 2.34. The summed E-state index contributed by atoms with van der Waals surface area (Å²) in [5, 5.41) is 3.52. The molecule has 3 rings (SSSR count). The Labute approximate surface area is 121 Å². The van der Waals surface area contributed by atoms with E-state index in [1.54, 1.807) is 0 Å². The van der Waals surface area contributed by atoms with Crippen LogP contribution < -0.4 is 5.32 Å². The predicted molar refractivity (Wildman–Crippen MR) is 79.4 cm³/mol. The third-order valence-corrected chi connectivity index (χ3v) is 3.94. The zero-order chi connectivity index (χ0) is 13.8. The molecule has 1 aliphatic carbocycles. The first-order valence-electron chi connectivity index (χ1n) is 7.82. The average molecular weight is 275 g/mol. The molecule has 1 aliphatic heterocycles. The summed E-state index contributed by atoms with van der Waals surface area (Å²) in [4.78, 5) is 7.23. The highest BCUT2D eigenvalue weighted by molar-refractivity contribution is 5.11. The van der Waals surface area contributed by atoms with E-state index in [0.29, 0.717) is 6.10 Å². The highest BCUT2D eigenvalue weighted by Crippen LogP contribution is 2.19. The lowest BCUT2D eigenvalue weighted by Gasteiger charge is -2.21. The molecule has 4 nitrogen and oxygen atoms in total. The fraction of sp³-hybridized carbons (Fsp3) is 0.688. The Morgan fingerprint density at radius 3 is 3.05 bits per heavy atom. The van der Waals surface area contributed by atoms with Crippen molar-refractivity contribution in [2.75, 3.05) is 19.7 Å². The van der Waals surface area contributed by atoms with Gasteiger partial charge in [-0.2, -0.15) is 0 Å². The van der Waals surface area contributed by atoms with E-state index in [4.69, 9.17) is 9.72 Å². The Morgan fingerprint density at radius 2 is 2.20 bits per heavy atom. The lowest BCUT2D eigenvalue weighted by molar-refractivity contribution is 0.0666. The van der Waals surface area contributed by atoms with Gasteiger partial charge < -0.3 is 10.1 Å². The van der Waals surface area contributed by atoms with Crippen LogP contribution in [0.25, 0.3) is 0 Å². The van der Waals surface area contributed by atoms with Crippen LogP contribution >= 0.6 is 0 Å². The molecule has 1 atom stereocenters. The Hall–Kier alpha value is -0.970. The molecule has 1 aromatic rings. The molecule has 1 N–H and O–H groups in total. The summed E-state index contributed by atoms with van der Waals surface area (Å²) in [6.07, 6.45) is 4.10. The number of rotatable bonds is 5. The Balaban J connectivity index is 1.56. The summed E-state index contributed by atoms with van der Waals surface area (Å²) in [5.74, 6) is 0. The van der Waals surface area contributed by atoms with E-state index < -0.39 is 0 Å². The molecular formula is C16H25N3O. The van der Waals surface area contributed by atoms with Gasteiger partial charge in [0.15, 0.2) is 0 Å². The maximum atomic E-state index is 5.69. The van der Waals surface area contributed by atoms with Crippen molar-refractivity contribution >= 4 is 0 Å². The molecule has 0 amide bonds. The highest BCUT2D eigenvalue weighted by atomic mass is 16.5. The molecule has 0 spiro atoms. The molecule has 1 aromatic heterocycles. The van der Waals surface area contributed by atoms with E-state index in [0.717, 1.165) is 50.9 Å². The van der Waals surface area contributed by atoms with Crippen LogP contribution in [-0.4, -0.2) is 41.7 Å². The zero-order valence-corrected chi connectivity index (χ0v) is 12.3. The van der Waals surface area contributed by atoms with Gasteiger partial charge in [0.2, 0.25) is 0 Å². The largest absolute Gasteiger partial charge is 0.377 e. The van der Waals surface area contributed by atoms with E-state index >= 15 is 0 Å². The monoisotopic (exact) mass is 275 g/mol. The molecule has 0 aromatic carbocycles. The van der Waals surface area contributed by atoms with Gasteiger partial charge >= 0.3 is 0 Å². The normalized spacial score (nSPS) is 24.6. The van der Waals surface area contributed by atoms with Crippen LogP contribution in [0.1, 0.15) is 37.6 Å². The maximum Gasteiger partial charge on any atom is 0.0674 e. The smallest absolute Gasteiger partial charge is 0.0674 e. The van der Waals surface area contributed by atoms with Gasteiger partial charge in [-0.05, 0) is 38.3 Å². The molecule has 0 bridgehead atoms. The molecule has 2 fully saturated rings. The minimum Gasteiger partial charge on any atom is -0.377 e. The summed E-state index contributed by atoms with van der Waals surface area (Å²) in [6.45, 7) is 6.99. The lowest BCUT2D eigenvalue weighted by atomic mass is 10.2. The number of nitrogens with zero attached hydrogens (tertiary/aromatic N) is 2. The number of ether oxygens (including phenoxy) is 1. The predicted octanol–water partition coefficient (Wildman–Crippen LogP) is 1.94. The second-order valence-corrected chi connectivity index (χ2v) is 6.05. The molecular weight excluding hydrogens is 250 g/mol. The van der Waals surface area contributed by atoms with Crippen LogP contribution in [0.4, 0.5) is 0 Å². The highest BCUT2D eigenvalue weighted by Gasteiger charge is 2.20. The van der Waals surface area contributed by atoms with Crippen LogP contribution in [-0.2, 0) is 17.8 Å². The van der Waals surface area contributed by atoms with Gasteiger partial charge in [0.05, 0.1) is 17.5 Å². The Bertz CT molecular complexity index is 433. The van der Waals surface area contributed by atoms with Gasteiger partial charge in [-0.3, -0.25) is 9.88 Å². The molecule has 1 saturated heterocycles. The molecule has 1 unspecified atom stereocenters. The van der Waals surface area contributed by atoms with E-state index in [9.17, 15) is 0 Å². The average Bonchev–Trinajstić information content (AvgIpc) is 3.26. The lowest BCUT2D eigenvalue weighted by Crippen LogP contribution is -2.30. The zero-order valence-electron chi connectivity index (χ0n) is 12.3. The van der Waals surface area contributed by atoms with Crippen molar-refractivity contribution < 1.29 is 4.74 Å². The molecule has 20 heavy (non-hydrogen) atoms. The van der Waals surface area contributed by atoms with E-state index in [2.05, 4.69) is 35.3 Å². The second-order valence-electron chi connectivity index (χ2n) is 6.05. The van der Waals surface area contributed by atoms with Crippen LogP contribution in [0.3, 0.4) is 0 Å². The summed E-state index contributed by atoms with van der Waals surface area (Å²) >= 11 is 0. The minimum absolute atomic E-state index is 0.331. The molecule has 0 radical (unpaired) electrons. The third kappa shape index (κ3) is 4.27. The first-order valence-corrected chi connectivity index (χ1v) is 7.82. The third-order valence-electron chi connectivity index (χ3n) is 3.94. The Kier molecular flexibility index (Phi) is 4.65. The molecule has 4 heteroatoms. The first-order chi connectivity index (χ1) is 9.79. The molecule has 2 heterocycles. The fourth-order valence-corrected chi connectivity index (χ4v) is 2.71. The van der Waals surface area contributed by atoms with Crippen molar-refractivity contribution in [3.05, 3.63) is 29.6 Å². The van der Waals surface area contributed by atoms with Gasteiger partial charge in [0.1, 0.15) is 0 Å². The van der Waals surface area contributed by atoms with E-state index in [1.807, 2.05) is 0 Å². The fourth-order valence-electron chi connectivity index (χ4n) is 2.71. The van der Waals surface area contributed by atoms with Gasteiger partial charge in [-0.25, -0.2) is 0 Å². The second kappa shape index (κ2) is 6.66. The van der Waals surface area contributed by atoms with Gasteiger partial charge in [-0.15, -0.1) is 0 Å². The molecule has 2 aliphatic rings. The minimum atomic E-state index is 0.331. The van der Waals surface area contributed by atoms with Crippen molar-refractivity contribution in [2.45, 2.75) is 51.4 Å². The van der Waals surface area contributed by atoms with Crippen molar-refractivity contribution in [1.82, 2.24) is 15.2 Å². The van der Waals surface area contributed by atoms with Crippen molar-refractivity contribution in [2.24, 2.45) is 0 Å². The maximum absolute atomic E-state index is 5.69. The molecule has 110 valence electrons. The molecule has 1 saturated carbocycles. The quantitative estimate of drug-likeness (QED) is 0.891. The van der Waals surface area contributed by atoms with Gasteiger partial charge in [0.25, 0.3) is 0 Å². The Morgan fingerprint density at radius 1 is 1.35 bits per heavy atom. The van der Waals surface area contributed by atoms with Crippen LogP contribution in [0.2, 0.25) is 0 Å². The van der Waals surface area contributed by atoms with Crippen LogP contribution in [0, 0.1) is 0 Å². The summed E-state index contributed by atoms with van der Waals surface area (Å²) in [6, 6.07) is 7.12. The topological polar surface area (TPSA) is 37.4 Å². The van der Waals surface area contributed by atoms with E-state index in [1.165, 1.54) is 18.5 Å². The van der Waals surface area contributed by atoms with E-state index in [-0.39, 0.29) is 0 Å². The van der Waals surface area contributed by atoms with Crippen molar-refractivity contribution in [1.29, 1.82) is 0 Å². The van der Waals surface area contributed by atoms with Crippen molar-refractivity contribution in [3.63, 3.8) is 0 Å². The van der Waals surface area contributed by atoms with Crippen LogP contribution in [0.15, 0.2) is 18.2 Å². The SMILES string of the molecule is CC1CN(Cc2cccc(CNC3CC3)n2)CCCO1. The van der Waals surface area contributed by atoms with Gasteiger partial charge in [-0.1, -0.05) is 6.07 Å². The summed E-state index contributed by atoms with van der Waals surface area (Å²) in [7, 11) is 0. The number of hydrogen-bond donors (Lipinski definition) is 1. The van der Waals surface area contributed by atoms with Crippen molar-refractivity contribution in [3.8, 4) is 0 Å². The summed E-state index contributed by atoms with van der Waals surface area (Å²) < 4.78 is 5.69. The standard InChI is InChI=1S/C16H25N3O/c1-13-11-19(8-3-9-20-13)12-16-5-2-4-15(18-16)10-17-14-6-7-14/h2,4-5,13-14,17H,3,6-12H2,1H3. The number of pyridine rings is 1. The number of nitrogens with one attached hydrogen (secondary N) is 1. The first kappa shape index (κ1) is 14.0. The number of hydrogen-bond acceptors (Lipinski definition) is 4. The van der Waals surface area contributed by atoms with Gasteiger partial charge in [0, 0.05) is 38.8 Å². The number of aromatic nitrogens is 1.